The van der Waals surface area contributed by atoms with Gasteiger partial charge in [0.1, 0.15) is 0 Å². The van der Waals surface area contributed by atoms with E-state index in [0.717, 1.165) is 30.9 Å². The highest BCUT2D eigenvalue weighted by atomic mass is 32.2. The molecule has 0 bridgehead atoms. The van der Waals surface area contributed by atoms with E-state index in [2.05, 4.69) is 15.4 Å². The van der Waals surface area contributed by atoms with E-state index in [-0.39, 0.29) is 22.9 Å². The van der Waals surface area contributed by atoms with Gasteiger partial charge < -0.3 is 10.6 Å². The number of sulfonamides is 1. The quantitative estimate of drug-likeness (QED) is 0.707. The maximum Gasteiger partial charge on any atom is 0.241 e. The Labute approximate surface area is 147 Å². The van der Waals surface area contributed by atoms with Crippen molar-refractivity contribution in [3.8, 4) is 0 Å². The van der Waals surface area contributed by atoms with E-state index in [1.807, 2.05) is 11.8 Å². The third-order valence-electron chi connectivity index (χ3n) is 4.09. The third-order valence-corrected chi connectivity index (χ3v) is 6.88. The van der Waals surface area contributed by atoms with Crippen LogP contribution in [0.4, 0.5) is 5.69 Å². The molecule has 8 heteroatoms. The van der Waals surface area contributed by atoms with Gasteiger partial charge in [-0.3, -0.25) is 4.79 Å². The Hall–Kier alpha value is -1.09. The first kappa shape index (κ1) is 17.7. The molecular formula is C16H23N3O3S2. The fraction of sp³-hybridized carbons (Fsp3) is 0.562. The molecule has 1 saturated carbocycles. The summed E-state index contributed by atoms with van der Waals surface area (Å²) in [5, 5.41) is 6.14. The smallest absolute Gasteiger partial charge is 0.241 e. The first-order chi connectivity index (χ1) is 11.4. The number of hydrogen-bond donors (Lipinski definition) is 3. The van der Waals surface area contributed by atoms with Crippen molar-refractivity contribution in [2.24, 2.45) is 0 Å². The predicted molar refractivity (Wildman–Crippen MR) is 96.9 cm³/mol. The lowest BCUT2D eigenvalue weighted by atomic mass is 10.2. The number of aryl methyl sites for hydroxylation is 1. The van der Waals surface area contributed by atoms with Crippen LogP contribution in [0, 0.1) is 6.92 Å². The molecule has 1 aliphatic heterocycles. The summed E-state index contributed by atoms with van der Waals surface area (Å²) in [4.78, 5) is 12.4. The number of nitrogens with one attached hydrogen (secondary N) is 3. The second-order valence-electron chi connectivity index (χ2n) is 6.35. The van der Waals surface area contributed by atoms with E-state index < -0.39 is 10.0 Å². The monoisotopic (exact) mass is 369 g/mol. The van der Waals surface area contributed by atoms with Crippen LogP contribution in [-0.2, 0) is 14.8 Å². The molecule has 0 spiro atoms. The van der Waals surface area contributed by atoms with Gasteiger partial charge in [-0.2, -0.15) is 11.8 Å². The Kier molecular flexibility index (Phi) is 5.49. The molecule has 1 atom stereocenters. The first-order valence-electron chi connectivity index (χ1n) is 8.18. The van der Waals surface area contributed by atoms with Gasteiger partial charge in [0.2, 0.25) is 15.9 Å². The zero-order valence-corrected chi connectivity index (χ0v) is 15.3. The number of rotatable bonds is 6. The molecule has 1 saturated heterocycles. The van der Waals surface area contributed by atoms with Gasteiger partial charge in [-0.25, -0.2) is 13.1 Å². The average molecular weight is 370 g/mol. The molecule has 2 aliphatic rings. The van der Waals surface area contributed by atoms with Crippen molar-refractivity contribution in [3.63, 3.8) is 0 Å². The van der Waals surface area contributed by atoms with Crippen LogP contribution in [0.3, 0.4) is 0 Å². The summed E-state index contributed by atoms with van der Waals surface area (Å²) in [5.41, 5.74) is 1.19. The van der Waals surface area contributed by atoms with Crippen LogP contribution in [0.1, 0.15) is 24.8 Å². The summed E-state index contributed by atoms with van der Waals surface area (Å²) in [6.45, 7) is 2.68. The number of amides is 1. The molecule has 6 nitrogen and oxygen atoms in total. The second kappa shape index (κ2) is 7.43. The molecule has 2 fully saturated rings. The van der Waals surface area contributed by atoms with E-state index in [0.29, 0.717) is 17.7 Å². The standard InChI is InChI=1S/C16H23N3O3S2/c1-11-2-3-13(8-15(11)24(21,22)19-12-4-5-12)18-16(20)9-14-10-23-7-6-17-14/h2-3,8,12,14,17,19H,4-7,9-10H2,1H3,(H,18,20). The van der Waals surface area contributed by atoms with Crippen molar-refractivity contribution < 1.29 is 13.2 Å². The highest BCUT2D eigenvalue weighted by Crippen LogP contribution is 2.25. The van der Waals surface area contributed by atoms with Crippen LogP contribution in [0.5, 0.6) is 0 Å². The maximum absolute atomic E-state index is 12.4. The Balaban J connectivity index is 1.67. The summed E-state index contributed by atoms with van der Waals surface area (Å²) < 4.78 is 27.5. The molecule has 1 aliphatic carbocycles. The van der Waals surface area contributed by atoms with Crippen LogP contribution in [0.2, 0.25) is 0 Å². The van der Waals surface area contributed by atoms with E-state index in [4.69, 9.17) is 0 Å². The minimum Gasteiger partial charge on any atom is -0.326 e. The van der Waals surface area contributed by atoms with Crippen molar-refractivity contribution >= 4 is 33.4 Å². The lowest BCUT2D eigenvalue weighted by Crippen LogP contribution is -2.39. The Morgan fingerprint density at radius 1 is 1.38 bits per heavy atom. The van der Waals surface area contributed by atoms with E-state index in [9.17, 15) is 13.2 Å². The summed E-state index contributed by atoms with van der Waals surface area (Å²) >= 11 is 1.84. The van der Waals surface area contributed by atoms with Gasteiger partial charge in [-0.05, 0) is 37.5 Å². The van der Waals surface area contributed by atoms with Crippen molar-refractivity contribution in [2.75, 3.05) is 23.4 Å². The number of benzene rings is 1. The number of hydrogen-bond acceptors (Lipinski definition) is 5. The predicted octanol–water partition coefficient (Wildman–Crippen LogP) is 1.47. The lowest BCUT2D eigenvalue weighted by molar-refractivity contribution is -0.116. The van der Waals surface area contributed by atoms with Crippen molar-refractivity contribution in [1.29, 1.82) is 0 Å². The van der Waals surface area contributed by atoms with E-state index >= 15 is 0 Å². The van der Waals surface area contributed by atoms with Gasteiger partial charge in [-0.15, -0.1) is 0 Å². The molecule has 0 aromatic heterocycles. The summed E-state index contributed by atoms with van der Waals surface area (Å²) in [5.74, 6) is 1.90. The molecule has 132 valence electrons. The number of carbonyl (C=O) groups excluding carboxylic acids is 1. The summed E-state index contributed by atoms with van der Waals surface area (Å²) in [6.07, 6.45) is 2.17. The Morgan fingerprint density at radius 3 is 2.83 bits per heavy atom. The lowest BCUT2D eigenvalue weighted by Gasteiger charge is -2.22. The number of anilines is 1. The second-order valence-corrected chi connectivity index (χ2v) is 9.19. The molecule has 24 heavy (non-hydrogen) atoms. The summed E-state index contributed by atoms with van der Waals surface area (Å²) in [7, 11) is -3.53. The van der Waals surface area contributed by atoms with Crippen molar-refractivity contribution in [1.82, 2.24) is 10.0 Å². The maximum atomic E-state index is 12.4. The Bertz CT molecular complexity index is 711. The van der Waals surface area contributed by atoms with Crippen LogP contribution < -0.4 is 15.4 Å². The normalized spacial score (nSPS) is 21.5. The van der Waals surface area contributed by atoms with E-state index in [1.165, 1.54) is 0 Å². The largest absolute Gasteiger partial charge is 0.326 e. The van der Waals surface area contributed by atoms with Crippen LogP contribution >= 0.6 is 11.8 Å². The van der Waals surface area contributed by atoms with Gasteiger partial charge in [0, 0.05) is 42.2 Å². The van der Waals surface area contributed by atoms with Crippen molar-refractivity contribution in [3.05, 3.63) is 23.8 Å². The topological polar surface area (TPSA) is 87.3 Å². The van der Waals surface area contributed by atoms with Crippen LogP contribution in [-0.4, -0.2) is 44.5 Å². The number of carbonyl (C=O) groups is 1. The van der Waals surface area contributed by atoms with Crippen LogP contribution in [0.15, 0.2) is 23.1 Å². The minimum absolute atomic E-state index is 0.0579. The number of thioether (sulfide) groups is 1. The first-order valence-corrected chi connectivity index (χ1v) is 10.8. The highest BCUT2D eigenvalue weighted by Gasteiger charge is 2.29. The van der Waals surface area contributed by atoms with Gasteiger partial charge >= 0.3 is 0 Å². The van der Waals surface area contributed by atoms with Gasteiger partial charge in [-0.1, -0.05) is 6.07 Å². The molecule has 1 aromatic rings. The SMILES string of the molecule is Cc1ccc(NC(=O)CC2CSCCN2)cc1S(=O)(=O)NC1CC1. The molecule has 1 unspecified atom stereocenters. The molecular weight excluding hydrogens is 346 g/mol. The Morgan fingerprint density at radius 2 is 2.17 bits per heavy atom. The molecule has 1 aromatic carbocycles. The summed E-state index contributed by atoms with van der Waals surface area (Å²) in [6, 6.07) is 5.25. The average Bonchev–Trinajstić information content (AvgIpc) is 3.33. The fourth-order valence-corrected chi connectivity index (χ4v) is 5.16. The third kappa shape index (κ3) is 4.72. The van der Waals surface area contributed by atoms with Crippen molar-refractivity contribution in [2.45, 2.75) is 43.2 Å². The molecule has 1 amide bonds. The zero-order valence-electron chi connectivity index (χ0n) is 13.7. The molecule has 1 heterocycles. The molecule has 3 rings (SSSR count). The highest BCUT2D eigenvalue weighted by molar-refractivity contribution is 7.99. The minimum atomic E-state index is -3.53. The van der Waals surface area contributed by atoms with Crippen LogP contribution in [0.25, 0.3) is 0 Å². The zero-order chi connectivity index (χ0) is 17.2. The van der Waals surface area contributed by atoms with E-state index in [1.54, 1.807) is 25.1 Å². The molecule has 0 radical (unpaired) electrons. The molecule has 3 N–H and O–H groups in total. The fourth-order valence-electron chi connectivity index (χ4n) is 2.64. The van der Waals surface area contributed by atoms with Gasteiger partial charge in [0.05, 0.1) is 4.90 Å². The van der Waals surface area contributed by atoms with Gasteiger partial charge in [0.15, 0.2) is 0 Å². The van der Waals surface area contributed by atoms with Gasteiger partial charge in [0.25, 0.3) is 0 Å².